The van der Waals surface area contributed by atoms with Crippen LogP contribution in [0.2, 0.25) is 0 Å². The lowest BCUT2D eigenvalue weighted by Crippen LogP contribution is -2.58. The maximum absolute atomic E-state index is 13.5. The number of methoxy groups -OCH3 is 1. The second-order valence-corrected chi connectivity index (χ2v) is 8.68. The Hall–Kier alpha value is -3.79. The predicted octanol–water partition coefficient (Wildman–Crippen LogP) is 1.77. The molecular formula is C22H17N3O6S. The Labute approximate surface area is 185 Å². The summed E-state index contributed by atoms with van der Waals surface area (Å²) in [6, 6.07) is 12.6. The van der Waals surface area contributed by atoms with Crippen molar-refractivity contribution in [1.82, 2.24) is 4.57 Å². The number of benzene rings is 2. The fraction of sp³-hybridized carbons (Fsp3) is 0.227. The van der Waals surface area contributed by atoms with Crippen LogP contribution in [0.15, 0.2) is 58.3 Å². The van der Waals surface area contributed by atoms with Gasteiger partial charge in [0.15, 0.2) is 4.80 Å². The van der Waals surface area contributed by atoms with Gasteiger partial charge in [-0.05, 0) is 24.6 Å². The molecule has 2 aromatic carbocycles. The van der Waals surface area contributed by atoms with Gasteiger partial charge in [-0.15, -0.1) is 0 Å². The second-order valence-electron chi connectivity index (χ2n) is 7.67. The zero-order chi connectivity index (χ0) is 22.6. The molecule has 0 N–H and O–H groups in total. The molecule has 3 heterocycles. The Morgan fingerprint density at radius 1 is 1.31 bits per heavy atom. The third-order valence-corrected chi connectivity index (χ3v) is 6.70. The van der Waals surface area contributed by atoms with Crippen LogP contribution in [-0.2, 0) is 9.53 Å². The van der Waals surface area contributed by atoms with Gasteiger partial charge in [0.05, 0.1) is 22.6 Å². The fourth-order valence-corrected chi connectivity index (χ4v) is 5.41. The van der Waals surface area contributed by atoms with Crippen LogP contribution in [0.25, 0.3) is 6.08 Å². The SMILES string of the molecule is COC(=O)[C@H]1[C@H]2c3ccccc3O[C@]1(C)N=c1s/c(=C\c3cccc([N+](=O)[O-])c3)c(=O)n12. The van der Waals surface area contributed by atoms with E-state index < -0.39 is 28.6 Å². The van der Waals surface area contributed by atoms with Gasteiger partial charge in [0.25, 0.3) is 11.2 Å². The number of thiazole rings is 1. The van der Waals surface area contributed by atoms with E-state index in [1.165, 1.54) is 23.8 Å². The number of ether oxygens (including phenoxy) is 2. The molecule has 162 valence electrons. The molecule has 0 fully saturated rings. The van der Waals surface area contributed by atoms with Crippen LogP contribution >= 0.6 is 11.3 Å². The average Bonchev–Trinajstić information content (AvgIpc) is 3.06. The van der Waals surface area contributed by atoms with Crippen molar-refractivity contribution in [3.05, 3.63) is 89.5 Å². The topological polar surface area (TPSA) is 113 Å². The van der Waals surface area contributed by atoms with Gasteiger partial charge in [-0.25, -0.2) is 4.99 Å². The monoisotopic (exact) mass is 451 g/mol. The summed E-state index contributed by atoms with van der Waals surface area (Å²) < 4.78 is 13.0. The molecule has 2 aliphatic rings. The van der Waals surface area contributed by atoms with Crippen LogP contribution in [0.1, 0.15) is 24.1 Å². The first-order valence-corrected chi connectivity index (χ1v) is 10.6. The summed E-state index contributed by atoms with van der Waals surface area (Å²) in [5.74, 6) is -0.826. The lowest BCUT2D eigenvalue weighted by molar-refractivity contribution is -0.384. The van der Waals surface area contributed by atoms with E-state index in [0.29, 0.717) is 26.2 Å². The van der Waals surface area contributed by atoms with E-state index in [1.54, 1.807) is 31.2 Å². The second kappa shape index (κ2) is 7.13. The van der Waals surface area contributed by atoms with E-state index in [-0.39, 0.29) is 11.2 Å². The number of carbonyl (C=O) groups excluding carboxylic acids is 1. The lowest BCUT2D eigenvalue weighted by atomic mass is 9.81. The molecule has 0 radical (unpaired) electrons. The molecule has 0 aliphatic carbocycles. The minimum Gasteiger partial charge on any atom is -0.469 e. The molecule has 10 heteroatoms. The number of carbonyl (C=O) groups is 1. The number of nitro groups is 1. The number of esters is 1. The van der Waals surface area contributed by atoms with Crippen LogP contribution in [0.3, 0.4) is 0 Å². The number of rotatable bonds is 3. The highest BCUT2D eigenvalue weighted by molar-refractivity contribution is 7.07. The first-order chi connectivity index (χ1) is 15.3. The van der Waals surface area contributed by atoms with Crippen LogP contribution in [-0.4, -0.2) is 28.3 Å². The van der Waals surface area contributed by atoms with Gasteiger partial charge in [0.2, 0.25) is 5.72 Å². The number of hydrogen-bond donors (Lipinski definition) is 0. The number of nitrogens with zero attached hydrogens (tertiary/aromatic N) is 3. The van der Waals surface area contributed by atoms with E-state index in [4.69, 9.17) is 9.47 Å². The van der Waals surface area contributed by atoms with Gasteiger partial charge < -0.3 is 9.47 Å². The van der Waals surface area contributed by atoms with Crippen LogP contribution < -0.4 is 19.6 Å². The number of para-hydroxylation sites is 1. The Bertz CT molecular complexity index is 1460. The molecular weight excluding hydrogens is 434 g/mol. The van der Waals surface area contributed by atoms with E-state index in [9.17, 15) is 19.7 Å². The molecule has 3 atom stereocenters. The van der Waals surface area contributed by atoms with Crippen LogP contribution in [0.4, 0.5) is 5.69 Å². The first kappa shape index (κ1) is 20.1. The normalized spacial score (nSPS) is 23.4. The number of nitro benzene ring substituents is 1. The molecule has 9 nitrogen and oxygen atoms in total. The third-order valence-electron chi connectivity index (χ3n) is 5.71. The minimum atomic E-state index is -1.24. The number of aromatic nitrogens is 1. The number of non-ortho nitro benzene ring substituents is 1. The van der Waals surface area contributed by atoms with Crippen molar-refractivity contribution in [2.75, 3.05) is 7.11 Å². The van der Waals surface area contributed by atoms with Crippen molar-refractivity contribution in [2.45, 2.75) is 18.7 Å². The van der Waals surface area contributed by atoms with Crippen LogP contribution in [0.5, 0.6) is 5.75 Å². The number of fused-ring (bicyclic) bond motifs is 6. The molecule has 0 saturated carbocycles. The van der Waals surface area contributed by atoms with Crippen molar-refractivity contribution in [1.29, 1.82) is 0 Å². The van der Waals surface area contributed by atoms with Crippen LogP contribution in [0, 0.1) is 16.0 Å². The highest BCUT2D eigenvalue weighted by Crippen LogP contribution is 2.47. The largest absolute Gasteiger partial charge is 0.469 e. The van der Waals surface area contributed by atoms with Gasteiger partial charge in [-0.1, -0.05) is 41.7 Å². The Morgan fingerprint density at radius 3 is 2.84 bits per heavy atom. The molecule has 3 aromatic rings. The molecule has 2 aliphatic heterocycles. The highest BCUT2D eigenvalue weighted by Gasteiger charge is 2.55. The van der Waals surface area contributed by atoms with Crippen molar-refractivity contribution >= 4 is 29.1 Å². The van der Waals surface area contributed by atoms with Gasteiger partial charge in [0.1, 0.15) is 11.7 Å². The Kier molecular flexibility index (Phi) is 4.48. The van der Waals surface area contributed by atoms with Crippen molar-refractivity contribution < 1.29 is 19.2 Å². The molecule has 0 unspecified atom stereocenters. The van der Waals surface area contributed by atoms with Crippen molar-refractivity contribution in [2.24, 2.45) is 10.9 Å². The summed E-state index contributed by atoms with van der Waals surface area (Å²) in [6.07, 6.45) is 1.59. The standard InChI is InChI=1S/C22H17N3O6S/c1-22-17(20(27)30-2)18(14-8-3-4-9-15(14)31-22)24-19(26)16(32-21(24)23-22)11-12-6-5-7-13(10-12)25(28)29/h3-11,17-18H,1-2H3/b16-11-/t17-,18-,22+/m1/s1. The van der Waals surface area contributed by atoms with Gasteiger partial charge in [-0.3, -0.25) is 24.3 Å². The summed E-state index contributed by atoms with van der Waals surface area (Å²) in [6.45, 7) is 1.70. The van der Waals surface area contributed by atoms with Gasteiger partial charge in [-0.2, -0.15) is 0 Å². The molecule has 0 amide bonds. The zero-order valence-corrected chi connectivity index (χ0v) is 17.9. The summed E-state index contributed by atoms with van der Waals surface area (Å²) in [4.78, 5) is 41.9. The quantitative estimate of drug-likeness (QED) is 0.341. The maximum atomic E-state index is 13.5. The zero-order valence-electron chi connectivity index (χ0n) is 17.1. The minimum absolute atomic E-state index is 0.0682. The number of hydrogen-bond acceptors (Lipinski definition) is 8. The Balaban J connectivity index is 1.77. The van der Waals surface area contributed by atoms with E-state index in [1.807, 2.05) is 18.2 Å². The summed E-state index contributed by atoms with van der Waals surface area (Å²) in [5.41, 5.74) is -0.435. The highest BCUT2D eigenvalue weighted by atomic mass is 32.1. The van der Waals surface area contributed by atoms with Gasteiger partial charge in [0, 0.05) is 17.7 Å². The summed E-state index contributed by atoms with van der Waals surface area (Å²) in [5, 5.41) is 11.1. The molecule has 0 spiro atoms. The first-order valence-electron chi connectivity index (χ1n) is 9.75. The summed E-state index contributed by atoms with van der Waals surface area (Å²) >= 11 is 1.15. The third kappa shape index (κ3) is 2.94. The van der Waals surface area contributed by atoms with Crippen molar-refractivity contribution in [3.63, 3.8) is 0 Å². The maximum Gasteiger partial charge on any atom is 0.317 e. The molecule has 5 rings (SSSR count). The Morgan fingerprint density at radius 2 is 2.09 bits per heavy atom. The smallest absolute Gasteiger partial charge is 0.317 e. The fourth-order valence-electron chi connectivity index (χ4n) is 4.31. The van der Waals surface area contributed by atoms with Gasteiger partial charge >= 0.3 is 5.97 Å². The van der Waals surface area contributed by atoms with E-state index in [2.05, 4.69) is 4.99 Å². The average molecular weight is 451 g/mol. The molecule has 32 heavy (non-hydrogen) atoms. The molecule has 1 aromatic heterocycles. The van der Waals surface area contributed by atoms with E-state index in [0.717, 1.165) is 11.3 Å². The predicted molar refractivity (Wildman–Crippen MR) is 115 cm³/mol. The molecule has 2 bridgehead atoms. The summed E-state index contributed by atoms with van der Waals surface area (Å²) in [7, 11) is 1.29. The van der Waals surface area contributed by atoms with E-state index >= 15 is 0 Å². The molecule has 0 saturated heterocycles. The lowest BCUT2D eigenvalue weighted by Gasteiger charge is -2.44. The van der Waals surface area contributed by atoms with Crippen molar-refractivity contribution in [3.8, 4) is 5.75 Å².